The van der Waals surface area contributed by atoms with Gasteiger partial charge in [0.15, 0.2) is 0 Å². The van der Waals surface area contributed by atoms with Crippen molar-refractivity contribution in [3.05, 3.63) is 40.7 Å². The largest absolute Gasteiger partial charge is 0.390 e. The van der Waals surface area contributed by atoms with Gasteiger partial charge in [-0.1, -0.05) is 29.8 Å². The van der Waals surface area contributed by atoms with Crippen molar-refractivity contribution < 1.29 is 5.11 Å². The van der Waals surface area contributed by atoms with Crippen LogP contribution in [0, 0.1) is 13.8 Å². The molecule has 1 N–H and O–H groups in total. The molecule has 4 heteroatoms. The monoisotopic (exact) mass is 231 g/mol. The molecule has 1 aromatic heterocycles. The minimum Gasteiger partial charge on any atom is -0.390 e. The van der Waals surface area contributed by atoms with Gasteiger partial charge in [-0.2, -0.15) is 0 Å². The number of rotatable bonds is 3. The standard InChI is InChI=1S/C13H17N3O/c1-4-12-11(8-17)14-15-16(12)13-6-5-9(2)7-10(13)3/h5-7,17H,4,8H2,1-3H3. The van der Waals surface area contributed by atoms with Crippen molar-refractivity contribution in [2.75, 3.05) is 0 Å². The Hall–Kier alpha value is -1.68. The molecule has 0 spiro atoms. The van der Waals surface area contributed by atoms with Crippen molar-refractivity contribution >= 4 is 0 Å². The van der Waals surface area contributed by atoms with Gasteiger partial charge in [0.2, 0.25) is 0 Å². The molecule has 0 bridgehead atoms. The van der Waals surface area contributed by atoms with Crippen LogP contribution in [-0.4, -0.2) is 20.1 Å². The molecule has 0 saturated heterocycles. The Morgan fingerprint density at radius 2 is 2.06 bits per heavy atom. The Labute approximate surface area is 101 Å². The molecule has 90 valence electrons. The lowest BCUT2D eigenvalue weighted by molar-refractivity contribution is 0.275. The molecule has 0 aliphatic carbocycles. The number of aromatic nitrogens is 3. The Morgan fingerprint density at radius 3 is 2.65 bits per heavy atom. The van der Waals surface area contributed by atoms with Gasteiger partial charge in [-0.3, -0.25) is 0 Å². The number of nitrogens with zero attached hydrogens (tertiary/aromatic N) is 3. The van der Waals surface area contributed by atoms with Gasteiger partial charge in [-0.15, -0.1) is 5.10 Å². The van der Waals surface area contributed by atoms with Gasteiger partial charge in [0, 0.05) is 0 Å². The van der Waals surface area contributed by atoms with Crippen molar-refractivity contribution in [3.8, 4) is 5.69 Å². The van der Waals surface area contributed by atoms with Crippen LogP contribution in [0.25, 0.3) is 5.69 Å². The van der Waals surface area contributed by atoms with Crippen molar-refractivity contribution in [1.82, 2.24) is 15.0 Å². The Bertz CT molecular complexity index is 531. The van der Waals surface area contributed by atoms with E-state index in [-0.39, 0.29) is 6.61 Å². The molecule has 2 aromatic rings. The number of benzene rings is 1. The molecule has 0 aliphatic heterocycles. The van der Waals surface area contributed by atoms with E-state index in [2.05, 4.69) is 36.3 Å². The molecule has 0 amide bonds. The minimum atomic E-state index is -0.0614. The molecule has 0 saturated carbocycles. The van der Waals surface area contributed by atoms with Crippen molar-refractivity contribution in [2.45, 2.75) is 33.8 Å². The highest BCUT2D eigenvalue weighted by atomic mass is 16.3. The van der Waals surface area contributed by atoms with E-state index in [1.54, 1.807) is 0 Å². The molecule has 0 fully saturated rings. The topological polar surface area (TPSA) is 50.9 Å². The Kier molecular flexibility index (Phi) is 3.24. The molecule has 2 rings (SSSR count). The maximum absolute atomic E-state index is 9.21. The average Bonchev–Trinajstić information content (AvgIpc) is 2.71. The predicted octanol–water partition coefficient (Wildman–Crippen LogP) is 1.94. The molecule has 1 aromatic carbocycles. The van der Waals surface area contributed by atoms with E-state index >= 15 is 0 Å². The summed E-state index contributed by atoms with van der Waals surface area (Å²) in [7, 11) is 0. The van der Waals surface area contributed by atoms with Gasteiger partial charge < -0.3 is 5.11 Å². The quantitative estimate of drug-likeness (QED) is 0.878. The lowest BCUT2D eigenvalue weighted by Gasteiger charge is -2.09. The third-order valence-electron chi connectivity index (χ3n) is 2.91. The summed E-state index contributed by atoms with van der Waals surface area (Å²) in [5.74, 6) is 0. The summed E-state index contributed by atoms with van der Waals surface area (Å²) in [4.78, 5) is 0. The van der Waals surface area contributed by atoms with Crippen LogP contribution in [0.5, 0.6) is 0 Å². The molecular weight excluding hydrogens is 214 g/mol. The second-order valence-corrected chi connectivity index (χ2v) is 4.20. The van der Waals surface area contributed by atoms with Crippen LogP contribution in [-0.2, 0) is 13.0 Å². The molecular formula is C13H17N3O. The maximum Gasteiger partial charge on any atom is 0.112 e. The van der Waals surface area contributed by atoms with Gasteiger partial charge in [0.1, 0.15) is 5.69 Å². The summed E-state index contributed by atoms with van der Waals surface area (Å²) >= 11 is 0. The first-order chi connectivity index (χ1) is 8.17. The third-order valence-corrected chi connectivity index (χ3v) is 2.91. The van der Waals surface area contributed by atoms with E-state index < -0.39 is 0 Å². The van der Waals surface area contributed by atoms with Gasteiger partial charge in [-0.25, -0.2) is 4.68 Å². The summed E-state index contributed by atoms with van der Waals surface area (Å²) in [6.45, 7) is 6.10. The Morgan fingerprint density at radius 1 is 1.29 bits per heavy atom. The van der Waals surface area contributed by atoms with Gasteiger partial charge in [-0.05, 0) is 31.9 Å². The fraction of sp³-hybridized carbons (Fsp3) is 0.385. The van der Waals surface area contributed by atoms with E-state index in [0.29, 0.717) is 5.69 Å². The van der Waals surface area contributed by atoms with Crippen molar-refractivity contribution in [2.24, 2.45) is 0 Å². The van der Waals surface area contributed by atoms with Crippen LogP contribution < -0.4 is 0 Å². The second-order valence-electron chi connectivity index (χ2n) is 4.20. The van der Waals surface area contributed by atoms with E-state index in [1.165, 1.54) is 5.56 Å². The van der Waals surface area contributed by atoms with Crippen LogP contribution in [0.1, 0.15) is 29.4 Å². The normalized spacial score (nSPS) is 10.8. The lowest BCUT2D eigenvalue weighted by atomic mass is 10.1. The fourth-order valence-electron chi connectivity index (χ4n) is 2.05. The molecule has 4 nitrogen and oxygen atoms in total. The predicted molar refractivity (Wildman–Crippen MR) is 66.1 cm³/mol. The van der Waals surface area contributed by atoms with E-state index in [1.807, 2.05) is 17.7 Å². The SMILES string of the molecule is CCc1c(CO)nnn1-c1ccc(C)cc1C. The van der Waals surface area contributed by atoms with Crippen molar-refractivity contribution in [3.63, 3.8) is 0 Å². The average molecular weight is 231 g/mol. The molecule has 0 atom stereocenters. The number of aliphatic hydroxyl groups is 1. The van der Waals surface area contributed by atoms with Crippen LogP contribution >= 0.6 is 0 Å². The zero-order valence-corrected chi connectivity index (χ0v) is 10.4. The fourth-order valence-corrected chi connectivity index (χ4v) is 2.05. The second kappa shape index (κ2) is 4.67. The highest BCUT2D eigenvalue weighted by Crippen LogP contribution is 2.18. The first kappa shape index (κ1) is 11.8. The van der Waals surface area contributed by atoms with E-state index in [9.17, 15) is 5.11 Å². The third kappa shape index (κ3) is 2.08. The summed E-state index contributed by atoms with van der Waals surface area (Å²) in [5.41, 5.74) is 5.05. The van der Waals surface area contributed by atoms with E-state index in [0.717, 1.165) is 23.4 Å². The minimum absolute atomic E-state index is 0.0614. The van der Waals surface area contributed by atoms with E-state index in [4.69, 9.17) is 0 Å². The van der Waals surface area contributed by atoms with Crippen LogP contribution in [0.4, 0.5) is 0 Å². The van der Waals surface area contributed by atoms with Gasteiger partial charge >= 0.3 is 0 Å². The number of aryl methyl sites for hydroxylation is 2. The number of hydrogen-bond acceptors (Lipinski definition) is 3. The zero-order valence-electron chi connectivity index (χ0n) is 10.4. The van der Waals surface area contributed by atoms with Crippen LogP contribution in [0.2, 0.25) is 0 Å². The summed E-state index contributed by atoms with van der Waals surface area (Å²) in [6, 6.07) is 6.22. The maximum atomic E-state index is 9.21. The Balaban J connectivity index is 2.56. The lowest BCUT2D eigenvalue weighted by Crippen LogP contribution is -2.04. The molecule has 0 radical (unpaired) electrons. The number of hydrogen-bond donors (Lipinski definition) is 1. The van der Waals surface area contributed by atoms with Crippen molar-refractivity contribution in [1.29, 1.82) is 0 Å². The molecule has 0 unspecified atom stereocenters. The highest BCUT2D eigenvalue weighted by molar-refractivity contribution is 5.43. The number of aliphatic hydroxyl groups excluding tert-OH is 1. The summed E-state index contributed by atoms with van der Waals surface area (Å²) < 4.78 is 1.82. The van der Waals surface area contributed by atoms with Gasteiger partial charge in [0.25, 0.3) is 0 Å². The molecule has 1 heterocycles. The molecule has 0 aliphatic rings. The summed E-state index contributed by atoms with van der Waals surface area (Å²) in [6.07, 6.45) is 0.802. The summed E-state index contributed by atoms with van der Waals surface area (Å²) in [5, 5.41) is 17.3. The smallest absolute Gasteiger partial charge is 0.112 e. The van der Waals surface area contributed by atoms with Gasteiger partial charge in [0.05, 0.1) is 18.0 Å². The first-order valence-electron chi connectivity index (χ1n) is 5.79. The zero-order chi connectivity index (χ0) is 12.4. The van der Waals surface area contributed by atoms with Crippen LogP contribution in [0.3, 0.4) is 0 Å². The first-order valence-corrected chi connectivity index (χ1v) is 5.79. The van der Waals surface area contributed by atoms with Crippen LogP contribution in [0.15, 0.2) is 18.2 Å². The highest BCUT2D eigenvalue weighted by Gasteiger charge is 2.12. The molecule has 17 heavy (non-hydrogen) atoms.